The zero-order valence-corrected chi connectivity index (χ0v) is 12.5. The molecule has 0 bridgehead atoms. The molecule has 2 nitrogen and oxygen atoms in total. The van der Waals surface area contributed by atoms with Crippen molar-refractivity contribution in [1.82, 2.24) is 4.98 Å². The highest BCUT2D eigenvalue weighted by Gasteiger charge is 2.28. The lowest BCUT2D eigenvalue weighted by molar-refractivity contribution is 0.411. The van der Waals surface area contributed by atoms with Crippen LogP contribution in [0.3, 0.4) is 0 Å². The van der Waals surface area contributed by atoms with Gasteiger partial charge in [-0.3, -0.25) is 4.98 Å². The lowest BCUT2D eigenvalue weighted by atomic mass is 9.85. The van der Waals surface area contributed by atoms with Gasteiger partial charge in [0.25, 0.3) is 0 Å². The van der Waals surface area contributed by atoms with E-state index in [1.807, 2.05) is 6.92 Å². The fourth-order valence-corrected chi connectivity index (χ4v) is 2.46. The Kier molecular flexibility index (Phi) is 4.63. The number of hydrogen-bond acceptors (Lipinski definition) is 2. The molecule has 0 amide bonds. The van der Waals surface area contributed by atoms with Crippen molar-refractivity contribution in [2.75, 3.05) is 0 Å². The Labute approximate surface area is 127 Å². The van der Waals surface area contributed by atoms with Gasteiger partial charge in [0.05, 0.1) is 17.4 Å². The fourth-order valence-electron chi connectivity index (χ4n) is 2.09. The Morgan fingerprint density at radius 1 is 1.25 bits per heavy atom. The minimum Gasteiger partial charge on any atom is -0.320 e. The third-order valence-corrected chi connectivity index (χ3v) is 3.99. The van der Waals surface area contributed by atoms with Crippen LogP contribution in [-0.4, -0.2) is 4.98 Å². The maximum absolute atomic E-state index is 13.0. The van der Waals surface area contributed by atoms with E-state index in [0.717, 1.165) is 5.56 Å². The predicted molar refractivity (Wildman–Crippen MR) is 80.5 cm³/mol. The van der Waals surface area contributed by atoms with Crippen LogP contribution < -0.4 is 5.73 Å². The molecular weight excluding hydrogens is 298 g/mol. The highest BCUT2D eigenvalue weighted by molar-refractivity contribution is 6.33. The lowest BCUT2D eigenvalue weighted by Gasteiger charge is -2.28. The van der Waals surface area contributed by atoms with Gasteiger partial charge in [-0.25, -0.2) is 4.39 Å². The summed E-state index contributed by atoms with van der Waals surface area (Å²) in [5.41, 5.74) is 7.22. The van der Waals surface area contributed by atoms with Gasteiger partial charge < -0.3 is 5.73 Å². The summed E-state index contributed by atoms with van der Waals surface area (Å²) in [7, 11) is 0. The van der Waals surface area contributed by atoms with Crippen LogP contribution in [0.5, 0.6) is 0 Å². The number of hydrogen-bond donors (Lipinski definition) is 1. The molecule has 5 heteroatoms. The van der Waals surface area contributed by atoms with Crippen LogP contribution in [0.4, 0.5) is 4.39 Å². The van der Waals surface area contributed by atoms with E-state index in [9.17, 15) is 4.39 Å². The highest BCUT2D eigenvalue weighted by Crippen LogP contribution is 2.30. The maximum atomic E-state index is 13.0. The molecule has 0 spiro atoms. The Bertz CT molecular complexity index is 601. The van der Waals surface area contributed by atoms with Crippen LogP contribution in [0, 0.1) is 5.82 Å². The third-order valence-electron chi connectivity index (χ3n) is 3.38. The monoisotopic (exact) mass is 312 g/mol. The van der Waals surface area contributed by atoms with Crippen molar-refractivity contribution in [2.24, 2.45) is 5.73 Å². The third kappa shape index (κ3) is 3.29. The van der Waals surface area contributed by atoms with Crippen molar-refractivity contribution in [3.8, 4) is 0 Å². The topological polar surface area (TPSA) is 38.9 Å². The zero-order chi connectivity index (χ0) is 14.8. The molecular formula is C15H15Cl2FN2. The summed E-state index contributed by atoms with van der Waals surface area (Å²) in [5, 5.41) is 1.22. The summed E-state index contributed by atoms with van der Waals surface area (Å²) < 4.78 is 13.0. The smallest absolute Gasteiger partial charge is 0.141 e. The standard InChI is InChI=1S/C15H15Cl2FN2/c1-2-15(19,14-6-4-12(18)9-20-14)8-10-7-11(16)3-5-13(10)17/h3-7,9H,2,8,19H2,1H3. The average molecular weight is 313 g/mol. The van der Waals surface area contributed by atoms with E-state index in [0.29, 0.717) is 28.6 Å². The summed E-state index contributed by atoms with van der Waals surface area (Å²) in [6.45, 7) is 1.96. The first-order valence-electron chi connectivity index (χ1n) is 6.29. The van der Waals surface area contributed by atoms with Gasteiger partial charge >= 0.3 is 0 Å². The minimum absolute atomic E-state index is 0.381. The van der Waals surface area contributed by atoms with E-state index >= 15 is 0 Å². The number of nitrogens with two attached hydrogens (primary N) is 1. The number of pyridine rings is 1. The van der Waals surface area contributed by atoms with E-state index in [-0.39, 0.29) is 5.82 Å². The quantitative estimate of drug-likeness (QED) is 0.912. The van der Waals surface area contributed by atoms with Crippen molar-refractivity contribution in [1.29, 1.82) is 0 Å². The second kappa shape index (κ2) is 6.08. The van der Waals surface area contributed by atoms with Crippen LogP contribution in [0.2, 0.25) is 10.0 Å². The SMILES string of the molecule is CCC(N)(Cc1cc(Cl)ccc1Cl)c1ccc(F)cn1. The number of rotatable bonds is 4. The second-order valence-corrected chi connectivity index (χ2v) is 5.63. The van der Waals surface area contributed by atoms with Crippen molar-refractivity contribution < 1.29 is 4.39 Å². The molecule has 1 heterocycles. The molecule has 0 aliphatic rings. The molecule has 2 rings (SSSR count). The molecule has 2 N–H and O–H groups in total. The average Bonchev–Trinajstić information content (AvgIpc) is 2.43. The number of halogens is 3. The van der Waals surface area contributed by atoms with Crippen molar-refractivity contribution >= 4 is 23.2 Å². The molecule has 1 unspecified atom stereocenters. The Morgan fingerprint density at radius 3 is 2.60 bits per heavy atom. The molecule has 0 radical (unpaired) electrons. The van der Waals surface area contributed by atoms with Gasteiger partial charge in [0.15, 0.2) is 0 Å². The fraction of sp³-hybridized carbons (Fsp3) is 0.267. The number of aromatic nitrogens is 1. The second-order valence-electron chi connectivity index (χ2n) is 4.78. The molecule has 106 valence electrons. The summed E-state index contributed by atoms with van der Waals surface area (Å²) in [6.07, 6.45) is 2.31. The molecule has 1 atom stereocenters. The van der Waals surface area contributed by atoms with Crippen molar-refractivity contribution in [2.45, 2.75) is 25.3 Å². The van der Waals surface area contributed by atoms with Gasteiger partial charge in [0.2, 0.25) is 0 Å². The summed E-state index contributed by atoms with van der Waals surface area (Å²) >= 11 is 12.2. The van der Waals surface area contributed by atoms with E-state index < -0.39 is 5.54 Å². The predicted octanol–water partition coefficient (Wildman–Crippen LogP) is 4.33. The Morgan fingerprint density at radius 2 is 2.00 bits per heavy atom. The van der Waals surface area contributed by atoms with Gasteiger partial charge in [-0.15, -0.1) is 0 Å². The van der Waals surface area contributed by atoms with E-state index in [4.69, 9.17) is 28.9 Å². The van der Waals surface area contributed by atoms with Gasteiger partial charge in [-0.2, -0.15) is 0 Å². The molecule has 0 aliphatic heterocycles. The molecule has 1 aromatic heterocycles. The van der Waals surface area contributed by atoms with Crippen molar-refractivity contribution in [3.05, 3.63) is 63.6 Å². The van der Waals surface area contributed by atoms with E-state index in [1.165, 1.54) is 12.3 Å². The lowest BCUT2D eigenvalue weighted by Crippen LogP contribution is -2.39. The van der Waals surface area contributed by atoms with Gasteiger partial charge in [-0.05, 0) is 48.7 Å². The Hall–Kier alpha value is -1.16. The van der Waals surface area contributed by atoms with Crippen LogP contribution in [0.15, 0.2) is 36.5 Å². The van der Waals surface area contributed by atoms with Crippen LogP contribution >= 0.6 is 23.2 Å². The zero-order valence-electron chi connectivity index (χ0n) is 11.0. The highest BCUT2D eigenvalue weighted by atomic mass is 35.5. The summed E-state index contributed by atoms with van der Waals surface area (Å²) in [4.78, 5) is 4.09. The molecule has 20 heavy (non-hydrogen) atoms. The molecule has 2 aromatic rings. The van der Waals surface area contributed by atoms with E-state index in [2.05, 4.69) is 4.98 Å². The molecule has 1 aromatic carbocycles. The summed E-state index contributed by atoms with van der Waals surface area (Å²) in [5.74, 6) is -0.381. The van der Waals surface area contributed by atoms with Gasteiger partial charge in [-0.1, -0.05) is 30.1 Å². The number of benzene rings is 1. The molecule has 0 aliphatic carbocycles. The first kappa shape index (κ1) is 15.2. The summed E-state index contributed by atoms with van der Waals surface area (Å²) in [6, 6.07) is 8.24. The first-order valence-corrected chi connectivity index (χ1v) is 7.05. The van der Waals surface area contributed by atoms with Crippen LogP contribution in [-0.2, 0) is 12.0 Å². The van der Waals surface area contributed by atoms with Crippen LogP contribution in [0.1, 0.15) is 24.6 Å². The maximum Gasteiger partial charge on any atom is 0.141 e. The van der Waals surface area contributed by atoms with Gasteiger partial charge in [0, 0.05) is 10.0 Å². The van der Waals surface area contributed by atoms with Gasteiger partial charge in [0.1, 0.15) is 5.82 Å². The van der Waals surface area contributed by atoms with Crippen LogP contribution in [0.25, 0.3) is 0 Å². The molecule has 0 saturated carbocycles. The number of nitrogens with zero attached hydrogens (tertiary/aromatic N) is 1. The normalized spacial score (nSPS) is 14.1. The Balaban J connectivity index is 2.36. The largest absolute Gasteiger partial charge is 0.320 e. The molecule has 0 fully saturated rings. The van der Waals surface area contributed by atoms with E-state index in [1.54, 1.807) is 24.3 Å². The molecule has 0 saturated heterocycles. The first-order chi connectivity index (χ1) is 9.44. The van der Waals surface area contributed by atoms with Crippen molar-refractivity contribution in [3.63, 3.8) is 0 Å². The minimum atomic E-state index is -0.706.